The van der Waals surface area contributed by atoms with Crippen LogP contribution >= 0.6 is 22.9 Å². The maximum absolute atomic E-state index is 12.7. The minimum absolute atomic E-state index is 0.0343. The Hall–Kier alpha value is -1.96. The van der Waals surface area contributed by atoms with E-state index in [0.717, 1.165) is 30.6 Å². The van der Waals surface area contributed by atoms with Crippen molar-refractivity contribution in [1.82, 2.24) is 9.88 Å². The van der Waals surface area contributed by atoms with Crippen LogP contribution in [0.2, 0.25) is 5.02 Å². The van der Waals surface area contributed by atoms with Gasteiger partial charge in [-0.15, -0.1) is 11.3 Å². The van der Waals surface area contributed by atoms with Crippen LogP contribution in [0.4, 0.5) is 10.8 Å². The van der Waals surface area contributed by atoms with Gasteiger partial charge in [-0.3, -0.25) is 14.5 Å². The van der Waals surface area contributed by atoms with Gasteiger partial charge in [0.05, 0.1) is 12.0 Å². The van der Waals surface area contributed by atoms with Crippen molar-refractivity contribution in [1.29, 1.82) is 0 Å². The molecule has 2 heterocycles. The lowest BCUT2D eigenvalue weighted by Crippen LogP contribution is -2.49. The zero-order chi connectivity index (χ0) is 19.4. The minimum atomic E-state index is -0.334. The average Bonchev–Trinajstić information content (AvgIpc) is 3.18. The molecule has 144 valence electrons. The number of aromatic nitrogens is 1. The molecule has 2 aromatic rings. The molecule has 3 rings (SSSR count). The SMILES string of the molecule is Cc1c(Cl)cccc1NC(=O)[C@H](C)N1CCC[C@@H](C(=O)Nc2nccs2)C1. The minimum Gasteiger partial charge on any atom is -0.324 e. The number of rotatable bonds is 5. The number of hydrogen-bond donors (Lipinski definition) is 2. The monoisotopic (exact) mass is 406 g/mol. The van der Waals surface area contributed by atoms with E-state index < -0.39 is 0 Å². The number of halogens is 1. The summed E-state index contributed by atoms with van der Waals surface area (Å²) in [6, 6.07) is 5.12. The summed E-state index contributed by atoms with van der Waals surface area (Å²) in [5.41, 5.74) is 1.56. The maximum atomic E-state index is 12.7. The molecule has 6 nitrogen and oxygen atoms in total. The van der Waals surface area contributed by atoms with Gasteiger partial charge in [-0.25, -0.2) is 4.98 Å². The summed E-state index contributed by atoms with van der Waals surface area (Å²) < 4.78 is 0. The fourth-order valence-corrected chi connectivity index (χ4v) is 3.92. The van der Waals surface area contributed by atoms with E-state index in [9.17, 15) is 9.59 Å². The zero-order valence-electron chi connectivity index (χ0n) is 15.4. The molecular weight excluding hydrogens is 384 g/mol. The molecule has 0 aliphatic carbocycles. The van der Waals surface area contributed by atoms with Crippen LogP contribution in [0.5, 0.6) is 0 Å². The predicted molar refractivity (Wildman–Crippen MR) is 109 cm³/mol. The standard InChI is InChI=1S/C19H23ClN4O2S/c1-12-15(20)6-3-7-16(12)22-17(25)13(2)24-9-4-5-14(11-24)18(26)23-19-21-8-10-27-19/h3,6-8,10,13-14H,4-5,9,11H2,1-2H3,(H,22,25)(H,21,23,26)/t13-,14+/m0/s1. The lowest BCUT2D eigenvalue weighted by Gasteiger charge is -2.35. The highest BCUT2D eigenvalue weighted by atomic mass is 35.5. The Morgan fingerprint density at radius 3 is 2.93 bits per heavy atom. The molecule has 2 amide bonds. The number of piperidine rings is 1. The molecule has 1 saturated heterocycles. The third kappa shape index (κ3) is 4.86. The normalized spacial score (nSPS) is 18.7. The first-order valence-electron chi connectivity index (χ1n) is 8.96. The number of nitrogens with one attached hydrogen (secondary N) is 2. The summed E-state index contributed by atoms with van der Waals surface area (Å²) >= 11 is 7.53. The van der Waals surface area contributed by atoms with E-state index >= 15 is 0 Å². The Bertz CT molecular complexity index is 812. The van der Waals surface area contributed by atoms with Crippen molar-refractivity contribution in [2.45, 2.75) is 32.7 Å². The number of anilines is 2. The van der Waals surface area contributed by atoms with Gasteiger partial charge in [0.25, 0.3) is 0 Å². The summed E-state index contributed by atoms with van der Waals surface area (Å²) in [5.74, 6) is -0.278. The first kappa shape index (κ1) is 19.8. The number of nitrogens with zero attached hydrogens (tertiary/aromatic N) is 2. The summed E-state index contributed by atoms with van der Waals surface area (Å²) in [6.07, 6.45) is 3.36. The van der Waals surface area contributed by atoms with Gasteiger partial charge in [0.2, 0.25) is 11.8 Å². The van der Waals surface area contributed by atoms with Crippen LogP contribution in [0.15, 0.2) is 29.8 Å². The Kier molecular flexibility index (Phi) is 6.46. The third-order valence-electron chi connectivity index (χ3n) is 4.94. The smallest absolute Gasteiger partial charge is 0.241 e. The van der Waals surface area contributed by atoms with Crippen molar-refractivity contribution in [2.24, 2.45) is 5.92 Å². The Morgan fingerprint density at radius 1 is 1.37 bits per heavy atom. The van der Waals surface area contributed by atoms with Crippen LogP contribution in [0.1, 0.15) is 25.3 Å². The van der Waals surface area contributed by atoms with Gasteiger partial charge in [-0.1, -0.05) is 17.7 Å². The van der Waals surface area contributed by atoms with Gasteiger partial charge >= 0.3 is 0 Å². The number of carbonyl (C=O) groups is 2. The second-order valence-corrected chi connectivity index (χ2v) is 8.04. The summed E-state index contributed by atoms with van der Waals surface area (Å²) in [5, 5.41) is 8.87. The summed E-state index contributed by atoms with van der Waals surface area (Å²) in [4.78, 5) is 31.3. The van der Waals surface area contributed by atoms with Crippen molar-refractivity contribution in [3.63, 3.8) is 0 Å². The number of carbonyl (C=O) groups excluding carboxylic acids is 2. The van der Waals surface area contributed by atoms with Crippen LogP contribution in [0.25, 0.3) is 0 Å². The number of hydrogen-bond acceptors (Lipinski definition) is 5. The molecule has 1 fully saturated rings. The molecule has 1 aromatic heterocycles. The van der Waals surface area contributed by atoms with E-state index in [1.54, 1.807) is 12.3 Å². The first-order valence-corrected chi connectivity index (χ1v) is 10.2. The number of likely N-dealkylation sites (tertiary alicyclic amines) is 1. The van der Waals surface area contributed by atoms with E-state index in [0.29, 0.717) is 16.7 Å². The number of amides is 2. The van der Waals surface area contributed by atoms with E-state index in [-0.39, 0.29) is 23.8 Å². The molecular formula is C19H23ClN4O2S. The largest absolute Gasteiger partial charge is 0.324 e. The molecule has 0 radical (unpaired) electrons. The van der Waals surface area contributed by atoms with Crippen molar-refractivity contribution in [3.8, 4) is 0 Å². The number of thiazole rings is 1. The predicted octanol–water partition coefficient (Wildman–Crippen LogP) is 3.78. The van der Waals surface area contributed by atoms with Crippen LogP contribution in [-0.4, -0.2) is 40.8 Å². The topological polar surface area (TPSA) is 74.3 Å². The average molecular weight is 407 g/mol. The molecule has 0 bridgehead atoms. The highest BCUT2D eigenvalue weighted by Gasteiger charge is 2.31. The highest BCUT2D eigenvalue weighted by Crippen LogP contribution is 2.25. The molecule has 0 unspecified atom stereocenters. The molecule has 2 atom stereocenters. The van der Waals surface area contributed by atoms with Gasteiger partial charge in [0.1, 0.15) is 0 Å². The second-order valence-electron chi connectivity index (χ2n) is 6.74. The molecule has 8 heteroatoms. The van der Waals surface area contributed by atoms with Gasteiger partial charge in [-0.2, -0.15) is 0 Å². The van der Waals surface area contributed by atoms with Gasteiger partial charge in [0, 0.05) is 28.8 Å². The molecule has 0 spiro atoms. The van der Waals surface area contributed by atoms with Crippen LogP contribution in [-0.2, 0) is 9.59 Å². The van der Waals surface area contributed by atoms with E-state index in [4.69, 9.17) is 11.6 Å². The van der Waals surface area contributed by atoms with Gasteiger partial charge < -0.3 is 10.6 Å². The van der Waals surface area contributed by atoms with Crippen molar-refractivity contribution < 1.29 is 9.59 Å². The lowest BCUT2D eigenvalue weighted by atomic mass is 9.96. The van der Waals surface area contributed by atoms with Crippen molar-refractivity contribution in [3.05, 3.63) is 40.4 Å². The van der Waals surface area contributed by atoms with E-state index in [1.165, 1.54) is 11.3 Å². The van der Waals surface area contributed by atoms with Crippen molar-refractivity contribution >= 4 is 45.6 Å². The zero-order valence-corrected chi connectivity index (χ0v) is 16.9. The van der Waals surface area contributed by atoms with Crippen LogP contribution in [0, 0.1) is 12.8 Å². The number of benzene rings is 1. The van der Waals surface area contributed by atoms with E-state index in [1.807, 2.05) is 31.4 Å². The van der Waals surface area contributed by atoms with Crippen LogP contribution in [0.3, 0.4) is 0 Å². The molecule has 0 saturated carbocycles. The molecule has 1 aliphatic rings. The fraction of sp³-hybridized carbons (Fsp3) is 0.421. The Balaban J connectivity index is 1.60. The highest BCUT2D eigenvalue weighted by molar-refractivity contribution is 7.13. The Morgan fingerprint density at radius 2 is 2.19 bits per heavy atom. The Labute approximate surface area is 167 Å². The first-order chi connectivity index (χ1) is 13.0. The quantitative estimate of drug-likeness (QED) is 0.792. The van der Waals surface area contributed by atoms with Crippen molar-refractivity contribution in [2.75, 3.05) is 23.7 Å². The molecule has 1 aliphatic heterocycles. The van der Waals surface area contributed by atoms with Gasteiger partial charge in [0.15, 0.2) is 5.13 Å². The lowest BCUT2D eigenvalue weighted by molar-refractivity contribution is -0.125. The maximum Gasteiger partial charge on any atom is 0.241 e. The van der Waals surface area contributed by atoms with Gasteiger partial charge in [-0.05, 0) is 50.9 Å². The third-order valence-corrected chi connectivity index (χ3v) is 6.04. The summed E-state index contributed by atoms with van der Waals surface area (Å²) in [6.45, 7) is 5.10. The molecule has 27 heavy (non-hydrogen) atoms. The van der Waals surface area contributed by atoms with Crippen LogP contribution < -0.4 is 10.6 Å². The summed E-state index contributed by atoms with van der Waals surface area (Å²) in [7, 11) is 0. The fourth-order valence-electron chi connectivity index (χ4n) is 3.21. The molecule has 1 aromatic carbocycles. The van der Waals surface area contributed by atoms with E-state index in [2.05, 4.69) is 20.5 Å². The molecule has 2 N–H and O–H groups in total. The second kappa shape index (κ2) is 8.82.